The number of pyridine rings is 2. The lowest BCUT2D eigenvalue weighted by Gasteiger charge is -2.19. The number of hydrogen-bond acceptors (Lipinski definition) is 7. The molecule has 1 aromatic carbocycles. The predicted octanol–water partition coefficient (Wildman–Crippen LogP) is 6.24. The van der Waals surface area contributed by atoms with Crippen molar-refractivity contribution in [2.24, 2.45) is 5.92 Å². The molecule has 7 heteroatoms. The number of aryl methyl sites for hydroxylation is 1. The zero-order valence-corrected chi connectivity index (χ0v) is 21.0. The first-order chi connectivity index (χ1) is 16.8. The molecule has 0 aliphatic carbocycles. The van der Waals surface area contributed by atoms with Crippen LogP contribution in [0.2, 0.25) is 0 Å². The summed E-state index contributed by atoms with van der Waals surface area (Å²) in [7, 11) is 0. The molecule has 3 aromatic heterocycles. The number of nitrogens with one attached hydrogen (secondary N) is 2. The largest absolute Gasteiger partial charge is 0.373 e. The first-order valence-electron chi connectivity index (χ1n) is 11.8. The number of fused-ring (bicyclic) bond motifs is 1. The summed E-state index contributed by atoms with van der Waals surface area (Å²) in [6.45, 7) is 11.2. The van der Waals surface area contributed by atoms with Gasteiger partial charge in [0.05, 0.1) is 16.8 Å². The van der Waals surface area contributed by atoms with Gasteiger partial charge in [0.25, 0.3) is 0 Å². The molecule has 0 atom stereocenters. The first kappa shape index (κ1) is 24.4. The molecule has 3 heterocycles. The molecule has 0 radical (unpaired) electrons. The van der Waals surface area contributed by atoms with Gasteiger partial charge in [0.15, 0.2) is 11.5 Å². The Morgan fingerprint density at radius 3 is 2.49 bits per heavy atom. The maximum Gasteiger partial charge on any atom is 0.165 e. The van der Waals surface area contributed by atoms with Crippen molar-refractivity contribution in [3.05, 3.63) is 71.7 Å². The van der Waals surface area contributed by atoms with E-state index in [4.69, 9.17) is 25.1 Å². The molecule has 4 rings (SSSR count). The molecule has 0 unspecified atom stereocenters. The molecule has 0 bridgehead atoms. The van der Waals surface area contributed by atoms with Crippen LogP contribution in [0.1, 0.15) is 44.6 Å². The third-order valence-corrected chi connectivity index (χ3v) is 5.79. The highest BCUT2D eigenvalue weighted by Crippen LogP contribution is 2.28. The number of aromatic nitrogens is 4. The fourth-order valence-corrected chi connectivity index (χ4v) is 3.69. The summed E-state index contributed by atoms with van der Waals surface area (Å²) in [6.07, 6.45) is 3.24. The Morgan fingerprint density at radius 1 is 1.03 bits per heavy atom. The SMILES string of the molecule is Cc1cccnc1-c1ccc2c(Nc3ccc(C(C)(C)C=N)cc3)nc(COCC(C)C)nc2n1. The quantitative estimate of drug-likeness (QED) is 0.282. The Balaban J connectivity index is 1.72. The normalized spacial score (nSPS) is 11.7. The van der Waals surface area contributed by atoms with E-state index in [1.165, 1.54) is 6.21 Å². The van der Waals surface area contributed by atoms with E-state index in [1.54, 1.807) is 6.20 Å². The molecule has 180 valence electrons. The summed E-state index contributed by atoms with van der Waals surface area (Å²) >= 11 is 0. The lowest BCUT2D eigenvalue weighted by molar-refractivity contribution is 0.0925. The van der Waals surface area contributed by atoms with Gasteiger partial charge in [0.1, 0.15) is 12.4 Å². The molecule has 0 spiro atoms. The van der Waals surface area contributed by atoms with E-state index in [9.17, 15) is 0 Å². The van der Waals surface area contributed by atoms with Gasteiger partial charge in [-0.25, -0.2) is 15.0 Å². The number of hydrogen-bond donors (Lipinski definition) is 2. The average Bonchev–Trinajstić information content (AvgIpc) is 2.84. The fourth-order valence-electron chi connectivity index (χ4n) is 3.69. The Kier molecular flexibility index (Phi) is 7.17. The summed E-state index contributed by atoms with van der Waals surface area (Å²) in [5.41, 5.74) is 4.91. The van der Waals surface area contributed by atoms with Crippen molar-refractivity contribution < 1.29 is 4.74 Å². The minimum Gasteiger partial charge on any atom is -0.373 e. The van der Waals surface area contributed by atoms with Crippen LogP contribution in [0.25, 0.3) is 22.4 Å². The molecular formula is C28H32N6O. The lowest BCUT2D eigenvalue weighted by Crippen LogP contribution is -2.17. The van der Waals surface area contributed by atoms with Gasteiger partial charge in [0.2, 0.25) is 0 Å². The van der Waals surface area contributed by atoms with Crippen molar-refractivity contribution in [3.63, 3.8) is 0 Å². The number of ether oxygens (including phenoxy) is 1. The number of rotatable bonds is 9. The van der Waals surface area contributed by atoms with Gasteiger partial charge < -0.3 is 15.5 Å². The summed E-state index contributed by atoms with van der Waals surface area (Å²) < 4.78 is 5.82. The van der Waals surface area contributed by atoms with Crippen molar-refractivity contribution in [1.29, 1.82) is 5.41 Å². The van der Waals surface area contributed by atoms with E-state index in [2.05, 4.69) is 24.1 Å². The zero-order valence-electron chi connectivity index (χ0n) is 21.0. The van der Waals surface area contributed by atoms with Gasteiger partial charge in [-0.15, -0.1) is 0 Å². The van der Waals surface area contributed by atoms with Crippen molar-refractivity contribution in [2.45, 2.75) is 46.6 Å². The maximum atomic E-state index is 7.68. The minimum atomic E-state index is -0.314. The van der Waals surface area contributed by atoms with Crippen molar-refractivity contribution >= 4 is 28.8 Å². The van der Waals surface area contributed by atoms with Crippen LogP contribution in [0.3, 0.4) is 0 Å². The van der Waals surface area contributed by atoms with Gasteiger partial charge >= 0.3 is 0 Å². The van der Waals surface area contributed by atoms with Crippen molar-refractivity contribution in [2.75, 3.05) is 11.9 Å². The third kappa shape index (κ3) is 5.69. The molecule has 0 saturated heterocycles. The van der Waals surface area contributed by atoms with Crippen LogP contribution in [-0.2, 0) is 16.8 Å². The summed E-state index contributed by atoms with van der Waals surface area (Å²) in [5, 5.41) is 11.9. The average molecular weight is 469 g/mol. The molecule has 35 heavy (non-hydrogen) atoms. The maximum absolute atomic E-state index is 7.68. The number of benzene rings is 1. The topological polar surface area (TPSA) is 96.7 Å². The molecule has 0 aliphatic heterocycles. The molecule has 0 amide bonds. The van der Waals surface area contributed by atoms with E-state index in [1.807, 2.05) is 69.3 Å². The Hall–Kier alpha value is -3.71. The highest BCUT2D eigenvalue weighted by Gasteiger charge is 2.17. The van der Waals surface area contributed by atoms with Crippen LogP contribution in [0.4, 0.5) is 11.5 Å². The van der Waals surface area contributed by atoms with Crippen LogP contribution in [0, 0.1) is 18.3 Å². The van der Waals surface area contributed by atoms with E-state index in [0.29, 0.717) is 36.4 Å². The van der Waals surface area contributed by atoms with Crippen molar-refractivity contribution in [1.82, 2.24) is 19.9 Å². The molecular weight excluding hydrogens is 436 g/mol. The van der Waals surface area contributed by atoms with Crippen LogP contribution >= 0.6 is 0 Å². The van der Waals surface area contributed by atoms with Gasteiger partial charge in [-0.3, -0.25) is 4.98 Å². The van der Waals surface area contributed by atoms with Gasteiger partial charge in [-0.1, -0.05) is 45.9 Å². The van der Waals surface area contributed by atoms with Crippen LogP contribution in [0.5, 0.6) is 0 Å². The third-order valence-electron chi connectivity index (χ3n) is 5.79. The van der Waals surface area contributed by atoms with E-state index < -0.39 is 0 Å². The fraction of sp³-hybridized carbons (Fsp3) is 0.321. The molecule has 2 N–H and O–H groups in total. The molecule has 0 aliphatic rings. The second kappa shape index (κ2) is 10.3. The zero-order chi connectivity index (χ0) is 25.0. The molecule has 7 nitrogen and oxygen atoms in total. The first-order valence-corrected chi connectivity index (χ1v) is 11.8. The Labute approximate surface area is 206 Å². The number of nitrogens with zero attached hydrogens (tertiary/aromatic N) is 4. The standard InChI is InChI=1S/C28H32N6O/c1-18(2)15-35-16-24-33-26(31-21-10-8-20(9-11-21)28(4,5)17-29)22-12-13-23(32-27(22)34-24)25-19(3)7-6-14-30-25/h6-14,17-18,29H,15-16H2,1-5H3,(H,31,32,33,34). The van der Waals surface area contributed by atoms with Crippen LogP contribution < -0.4 is 5.32 Å². The highest BCUT2D eigenvalue weighted by molar-refractivity contribution is 5.90. The second-order valence-electron chi connectivity index (χ2n) is 9.70. The van der Waals surface area contributed by atoms with Crippen molar-refractivity contribution in [3.8, 4) is 11.4 Å². The minimum absolute atomic E-state index is 0.309. The second-order valence-corrected chi connectivity index (χ2v) is 9.70. The molecule has 4 aromatic rings. The lowest BCUT2D eigenvalue weighted by atomic mass is 9.86. The smallest absolute Gasteiger partial charge is 0.165 e. The van der Waals surface area contributed by atoms with Crippen LogP contribution in [0.15, 0.2) is 54.7 Å². The van der Waals surface area contributed by atoms with E-state index in [0.717, 1.165) is 33.6 Å². The summed E-state index contributed by atoms with van der Waals surface area (Å²) in [6, 6.07) is 16.0. The predicted molar refractivity (Wildman–Crippen MR) is 141 cm³/mol. The molecule has 0 saturated carbocycles. The van der Waals surface area contributed by atoms with Crippen LogP contribution in [-0.4, -0.2) is 32.8 Å². The van der Waals surface area contributed by atoms with Gasteiger partial charge in [-0.05, 0) is 54.3 Å². The Bertz CT molecular complexity index is 1330. The summed E-state index contributed by atoms with van der Waals surface area (Å²) in [5.74, 6) is 1.67. The highest BCUT2D eigenvalue weighted by atomic mass is 16.5. The van der Waals surface area contributed by atoms with Gasteiger partial charge in [0, 0.05) is 30.1 Å². The van der Waals surface area contributed by atoms with E-state index >= 15 is 0 Å². The monoisotopic (exact) mass is 468 g/mol. The Morgan fingerprint density at radius 2 is 1.80 bits per heavy atom. The van der Waals surface area contributed by atoms with E-state index in [-0.39, 0.29) is 5.41 Å². The number of anilines is 2. The molecule has 0 fully saturated rings. The summed E-state index contributed by atoms with van der Waals surface area (Å²) in [4.78, 5) is 18.8. The van der Waals surface area contributed by atoms with Gasteiger partial charge in [-0.2, -0.15) is 0 Å².